The van der Waals surface area contributed by atoms with Crippen LogP contribution in [0.1, 0.15) is 39.3 Å². The highest BCUT2D eigenvalue weighted by molar-refractivity contribution is 5.94. The van der Waals surface area contributed by atoms with E-state index in [4.69, 9.17) is 5.73 Å². The molecule has 17 heavy (non-hydrogen) atoms. The first-order chi connectivity index (χ1) is 8.08. The van der Waals surface area contributed by atoms with Gasteiger partial charge in [-0.15, -0.1) is 0 Å². The Kier molecular flexibility index (Phi) is 5.15. The molecule has 1 heterocycles. The number of H-pyrrole nitrogens is 1. The van der Waals surface area contributed by atoms with E-state index in [0.717, 1.165) is 25.0 Å². The largest absolute Gasteiger partial charge is 0.320 e. The van der Waals surface area contributed by atoms with Crippen LogP contribution in [0.2, 0.25) is 0 Å². The number of nitrogens with one attached hydrogen (secondary N) is 2. The van der Waals surface area contributed by atoms with E-state index in [2.05, 4.69) is 22.4 Å². The molecule has 1 rings (SSSR count). The van der Waals surface area contributed by atoms with Crippen molar-refractivity contribution in [2.45, 2.75) is 46.1 Å². The third kappa shape index (κ3) is 3.85. The molecule has 0 aliphatic rings. The molecular formula is C12H22N4O. The molecule has 0 aliphatic carbocycles. The number of anilines is 1. The van der Waals surface area contributed by atoms with Gasteiger partial charge in [-0.1, -0.05) is 33.6 Å². The summed E-state index contributed by atoms with van der Waals surface area (Å²) in [5, 5.41) is 9.65. The molecule has 1 aromatic rings. The first-order valence-electron chi connectivity index (χ1n) is 6.19. The van der Waals surface area contributed by atoms with Gasteiger partial charge in [-0.05, 0) is 12.3 Å². The first kappa shape index (κ1) is 13.7. The van der Waals surface area contributed by atoms with E-state index >= 15 is 0 Å². The van der Waals surface area contributed by atoms with E-state index < -0.39 is 6.04 Å². The summed E-state index contributed by atoms with van der Waals surface area (Å²) < 4.78 is 0. The molecule has 1 amide bonds. The van der Waals surface area contributed by atoms with Crippen molar-refractivity contribution in [3.8, 4) is 0 Å². The fourth-order valence-corrected chi connectivity index (χ4v) is 1.54. The normalized spacial score (nSPS) is 14.4. The van der Waals surface area contributed by atoms with Crippen molar-refractivity contribution in [3.63, 3.8) is 0 Å². The summed E-state index contributed by atoms with van der Waals surface area (Å²) in [5.74, 6) is 0.551. The molecule has 0 aromatic carbocycles. The van der Waals surface area contributed by atoms with Crippen molar-refractivity contribution >= 4 is 11.7 Å². The Balaban J connectivity index is 2.55. The second-order valence-corrected chi connectivity index (χ2v) is 4.43. The zero-order valence-corrected chi connectivity index (χ0v) is 10.8. The van der Waals surface area contributed by atoms with Crippen LogP contribution in [0, 0.1) is 5.92 Å². The number of nitrogens with two attached hydrogens (primary N) is 1. The summed E-state index contributed by atoms with van der Waals surface area (Å²) in [4.78, 5) is 11.8. The lowest BCUT2D eigenvalue weighted by atomic mass is 9.99. The Morgan fingerprint density at radius 2 is 2.29 bits per heavy atom. The summed E-state index contributed by atoms with van der Waals surface area (Å²) >= 11 is 0. The average Bonchev–Trinajstić information content (AvgIpc) is 2.75. The van der Waals surface area contributed by atoms with Crippen LogP contribution >= 0.6 is 0 Å². The minimum absolute atomic E-state index is 0.170. The highest BCUT2D eigenvalue weighted by Gasteiger charge is 2.20. The summed E-state index contributed by atoms with van der Waals surface area (Å²) in [6.45, 7) is 6.08. The number of rotatable bonds is 6. The van der Waals surface area contributed by atoms with Crippen LogP contribution in [0.3, 0.4) is 0 Å². The Labute approximate surface area is 102 Å². The fraction of sp³-hybridized carbons (Fsp3) is 0.667. The van der Waals surface area contributed by atoms with Crippen LogP contribution in [-0.4, -0.2) is 22.1 Å². The molecule has 0 bridgehead atoms. The van der Waals surface area contributed by atoms with Crippen molar-refractivity contribution in [3.05, 3.63) is 11.8 Å². The smallest absolute Gasteiger partial charge is 0.242 e. The van der Waals surface area contributed by atoms with Crippen molar-refractivity contribution in [2.75, 3.05) is 5.32 Å². The molecular weight excluding hydrogens is 216 g/mol. The molecule has 0 fully saturated rings. The van der Waals surface area contributed by atoms with E-state index in [0.29, 0.717) is 5.82 Å². The van der Waals surface area contributed by atoms with Crippen LogP contribution in [0.25, 0.3) is 0 Å². The van der Waals surface area contributed by atoms with Gasteiger partial charge in [0, 0.05) is 11.8 Å². The number of amides is 1. The van der Waals surface area contributed by atoms with Crippen molar-refractivity contribution in [1.29, 1.82) is 0 Å². The van der Waals surface area contributed by atoms with Gasteiger partial charge in [-0.25, -0.2) is 0 Å². The van der Waals surface area contributed by atoms with Crippen LogP contribution in [-0.2, 0) is 11.2 Å². The van der Waals surface area contributed by atoms with E-state index in [-0.39, 0.29) is 11.8 Å². The van der Waals surface area contributed by atoms with Crippen molar-refractivity contribution < 1.29 is 4.79 Å². The third-order valence-electron chi connectivity index (χ3n) is 2.96. The van der Waals surface area contributed by atoms with Gasteiger partial charge in [0.1, 0.15) is 0 Å². The standard InChI is InChI=1S/C12H22N4O/c1-4-6-9-7-10(16-15-9)14-12(17)11(13)8(3)5-2/h7-8,11H,4-6,13H2,1-3H3,(H2,14,15,16,17). The van der Waals surface area contributed by atoms with E-state index in [1.807, 2.05) is 19.9 Å². The zero-order chi connectivity index (χ0) is 12.8. The van der Waals surface area contributed by atoms with Gasteiger partial charge >= 0.3 is 0 Å². The van der Waals surface area contributed by atoms with Gasteiger partial charge < -0.3 is 11.1 Å². The van der Waals surface area contributed by atoms with Crippen LogP contribution in [0.5, 0.6) is 0 Å². The molecule has 0 aliphatic heterocycles. The average molecular weight is 238 g/mol. The monoisotopic (exact) mass is 238 g/mol. The summed E-state index contributed by atoms with van der Waals surface area (Å²) in [5.41, 5.74) is 6.86. The van der Waals surface area contributed by atoms with Crippen LogP contribution in [0.15, 0.2) is 6.07 Å². The van der Waals surface area contributed by atoms with Crippen molar-refractivity contribution in [2.24, 2.45) is 11.7 Å². The summed E-state index contributed by atoms with van der Waals surface area (Å²) in [6.07, 6.45) is 2.86. The predicted octanol–water partition coefficient (Wildman–Crippen LogP) is 1.67. The minimum atomic E-state index is -0.480. The molecule has 2 atom stereocenters. The number of hydrogen-bond acceptors (Lipinski definition) is 3. The highest BCUT2D eigenvalue weighted by Crippen LogP contribution is 2.10. The lowest BCUT2D eigenvalue weighted by Crippen LogP contribution is -2.40. The lowest BCUT2D eigenvalue weighted by molar-refractivity contribution is -0.118. The molecule has 1 aromatic heterocycles. The fourth-order valence-electron chi connectivity index (χ4n) is 1.54. The van der Waals surface area contributed by atoms with E-state index in [1.165, 1.54) is 0 Å². The first-order valence-corrected chi connectivity index (χ1v) is 6.19. The van der Waals surface area contributed by atoms with Gasteiger partial charge in [0.2, 0.25) is 5.91 Å². The molecule has 0 spiro atoms. The molecule has 0 saturated carbocycles. The van der Waals surface area contributed by atoms with Gasteiger partial charge in [0.05, 0.1) is 6.04 Å². The number of aryl methyl sites for hydroxylation is 1. The highest BCUT2D eigenvalue weighted by atomic mass is 16.2. The third-order valence-corrected chi connectivity index (χ3v) is 2.96. The predicted molar refractivity (Wildman–Crippen MR) is 68.6 cm³/mol. The second kappa shape index (κ2) is 6.39. The van der Waals surface area contributed by atoms with E-state index in [9.17, 15) is 4.79 Å². The Hall–Kier alpha value is -1.36. The van der Waals surface area contributed by atoms with Gasteiger partial charge in [-0.3, -0.25) is 9.89 Å². The Morgan fingerprint density at radius 1 is 1.59 bits per heavy atom. The maximum atomic E-state index is 11.8. The maximum Gasteiger partial charge on any atom is 0.242 e. The molecule has 0 saturated heterocycles. The quantitative estimate of drug-likeness (QED) is 0.705. The lowest BCUT2D eigenvalue weighted by Gasteiger charge is -2.16. The number of aromatic amines is 1. The summed E-state index contributed by atoms with van der Waals surface area (Å²) in [7, 11) is 0. The minimum Gasteiger partial charge on any atom is -0.320 e. The maximum absolute atomic E-state index is 11.8. The SMILES string of the molecule is CCCc1cc(NC(=O)C(N)C(C)CC)n[nH]1. The molecule has 0 radical (unpaired) electrons. The number of hydrogen-bond donors (Lipinski definition) is 3. The zero-order valence-electron chi connectivity index (χ0n) is 10.8. The van der Waals surface area contributed by atoms with Crippen molar-refractivity contribution in [1.82, 2.24) is 10.2 Å². The van der Waals surface area contributed by atoms with Gasteiger partial charge in [0.15, 0.2) is 5.82 Å². The molecule has 2 unspecified atom stereocenters. The summed E-state index contributed by atoms with van der Waals surface area (Å²) in [6, 6.07) is 1.37. The van der Waals surface area contributed by atoms with E-state index in [1.54, 1.807) is 0 Å². The Morgan fingerprint density at radius 3 is 2.88 bits per heavy atom. The molecule has 5 nitrogen and oxygen atoms in total. The topological polar surface area (TPSA) is 83.8 Å². The van der Waals surface area contributed by atoms with Crippen LogP contribution in [0.4, 0.5) is 5.82 Å². The molecule has 4 N–H and O–H groups in total. The number of carbonyl (C=O) groups is 1. The van der Waals surface area contributed by atoms with Crippen LogP contribution < -0.4 is 11.1 Å². The number of nitrogens with zero attached hydrogens (tertiary/aromatic N) is 1. The Bertz CT molecular complexity index is 361. The molecule has 5 heteroatoms. The number of aromatic nitrogens is 2. The van der Waals surface area contributed by atoms with Gasteiger partial charge in [-0.2, -0.15) is 5.10 Å². The number of carbonyl (C=O) groups excluding carboxylic acids is 1. The second-order valence-electron chi connectivity index (χ2n) is 4.43. The molecule has 96 valence electrons. The van der Waals surface area contributed by atoms with Gasteiger partial charge in [0.25, 0.3) is 0 Å².